The van der Waals surface area contributed by atoms with Crippen molar-refractivity contribution in [1.82, 2.24) is 9.78 Å². The van der Waals surface area contributed by atoms with E-state index in [4.69, 9.17) is 5.73 Å². The number of thioether (sulfide) groups is 1. The average molecular weight is 247 g/mol. The summed E-state index contributed by atoms with van der Waals surface area (Å²) in [6.45, 7) is 2.15. The lowest BCUT2D eigenvalue weighted by molar-refractivity contribution is 0.715. The van der Waals surface area contributed by atoms with Crippen LogP contribution in [0.1, 0.15) is 24.2 Å². The molecule has 17 heavy (non-hydrogen) atoms. The fourth-order valence-electron chi connectivity index (χ4n) is 1.71. The van der Waals surface area contributed by atoms with Crippen LogP contribution >= 0.6 is 11.8 Å². The van der Waals surface area contributed by atoms with Crippen molar-refractivity contribution in [2.75, 3.05) is 5.75 Å². The standard InChI is InChI=1S/C13H17N3S/c1-3-17-11-6-4-10(5-7-11)13(14)12-8-9-16(2)15-12/h4-9,13H,3,14H2,1-2H3. The van der Waals surface area contributed by atoms with Crippen LogP contribution in [0.15, 0.2) is 41.4 Å². The Kier molecular flexibility index (Phi) is 3.86. The SMILES string of the molecule is CCSc1ccc(C(N)c2ccn(C)n2)cc1. The van der Waals surface area contributed by atoms with Crippen molar-refractivity contribution in [3.8, 4) is 0 Å². The molecule has 0 bridgehead atoms. The van der Waals surface area contributed by atoms with Gasteiger partial charge < -0.3 is 5.73 Å². The molecule has 0 radical (unpaired) electrons. The second kappa shape index (κ2) is 5.38. The highest BCUT2D eigenvalue weighted by atomic mass is 32.2. The summed E-state index contributed by atoms with van der Waals surface area (Å²) in [6, 6.07) is 10.2. The largest absolute Gasteiger partial charge is 0.319 e. The first-order valence-electron chi connectivity index (χ1n) is 5.68. The van der Waals surface area contributed by atoms with E-state index in [-0.39, 0.29) is 6.04 Å². The Balaban J connectivity index is 2.16. The molecule has 0 saturated heterocycles. The molecule has 1 heterocycles. The molecular weight excluding hydrogens is 230 g/mol. The van der Waals surface area contributed by atoms with Gasteiger partial charge in [0.15, 0.2) is 0 Å². The third-order valence-electron chi connectivity index (χ3n) is 2.60. The van der Waals surface area contributed by atoms with Crippen LogP contribution in [0.3, 0.4) is 0 Å². The van der Waals surface area contributed by atoms with Crippen LogP contribution in [0.2, 0.25) is 0 Å². The highest BCUT2D eigenvalue weighted by Crippen LogP contribution is 2.22. The molecule has 2 N–H and O–H groups in total. The number of nitrogens with zero attached hydrogens (tertiary/aromatic N) is 2. The van der Waals surface area contributed by atoms with Gasteiger partial charge in [0, 0.05) is 18.1 Å². The Labute approximate surface area is 106 Å². The van der Waals surface area contributed by atoms with Gasteiger partial charge in [0.2, 0.25) is 0 Å². The van der Waals surface area contributed by atoms with Crippen LogP contribution in [-0.4, -0.2) is 15.5 Å². The summed E-state index contributed by atoms with van der Waals surface area (Å²) in [7, 11) is 1.90. The summed E-state index contributed by atoms with van der Waals surface area (Å²) >= 11 is 1.84. The summed E-state index contributed by atoms with van der Waals surface area (Å²) in [6.07, 6.45) is 1.91. The number of rotatable bonds is 4. The molecule has 0 aliphatic heterocycles. The van der Waals surface area contributed by atoms with Crippen LogP contribution in [0.25, 0.3) is 0 Å². The lowest BCUT2D eigenvalue weighted by Crippen LogP contribution is -2.12. The minimum Gasteiger partial charge on any atom is -0.319 e. The minimum absolute atomic E-state index is 0.142. The maximum atomic E-state index is 6.17. The molecule has 3 nitrogen and oxygen atoms in total. The maximum Gasteiger partial charge on any atom is 0.0837 e. The first-order chi connectivity index (χ1) is 8.20. The van der Waals surface area contributed by atoms with Crippen molar-refractivity contribution in [1.29, 1.82) is 0 Å². The number of hydrogen-bond donors (Lipinski definition) is 1. The first-order valence-corrected chi connectivity index (χ1v) is 6.67. The second-order valence-corrected chi connectivity index (χ2v) is 5.23. The molecule has 1 unspecified atom stereocenters. The molecule has 0 fully saturated rings. The van der Waals surface area contributed by atoms with Crippen LogP contribution in [0, 0.1) is 0 Å². The Morgan fingerprint density at radius 1 is 1.29 bits per heavy atom. The summed E-state index contributed by atoms with van der Waals surface area (Å²) < 4.78 is 1.77. The summed E-state index contributed by atoms with van der Waals surface area (Å²) in [5.74, 6) is 1.09. The van der Waals surface area contributed by atoms with Crippen molar-refractivity contribution in [3.05, 3.63) is 47.8 Å². The molecule has 1 atom stereocenters. The smallest absolute Gasteiger partial charge is 0.0837 e. The predicted octanol–water partition coefficient (Wildman–Crippen LogP) is 2.58. The summed E-state index contributed by atoms with van der Waals surface area (Å²) in [4.78, 5) is 1.28. The molecule has 0 amide bonds. The highest BCUT2D eigenvalue weighted by molar-refractivity contribution is 7.99. The third-order valence-corrected chi connectivity index (χ3v) is 3.50. The lowest BCUT2D eigenvalue weighted by atomic mass is 10.1. The van der Waals surface area contributed by atoms with Gasteiger partial charge in [-0.1, -0.05) is 19.1 Å². The van der Waals surface area contributed by atoms with Crippen LogP contribution in [0.4, 0.5) is 0 Å². The number of aryl methyl sites for hydroxylation is 1. The number of nitrogens with two attached hydrogens (primary N) is 1. The van der Waals surface area contributed by atoms with Gasteiger partial charge in [0.1, 0.15) is 0 Å². The normalized spacial score (nSPS) is 12.6. The lowest BCUT2D eigenvalue weighted by Gasteiger charge is -2.09. The quantitative estimate of drug-likeness (QED) is 0.845. The van der Waals surface area contributed by atoms with Gasteiger partial charge in [0.25, 0.3) is 0 Å². The topological polar surface area (TPSA) is 43.8 Å². The van der Waals surface area contributed by atoms with Crippen molar-refractivity contribution in [3.63, 3.8) is 0 Å². The van der Waals surface area contributed by atoms with Crippen LogP contribution in [0.5, 0.6) is 0 Å². The van der Waals surface area contributed by atoms with E-state index in [9.17, 15) is 0 Å². The minimum atomic E-state index is -0.142. The fraction of sp³-hybridized carbons (Fsp3) is 0.308. The van der Waals surface area contributed by atoms with Gasteiger partial charge in [-0.15, -0.1) is 11.8 Å². The van der Waals surface area contributed by atoms with Gasteiger partial charge >= 0.3 is 0 Å². The van der Waals surface area contributed by atoms with E-state index in [1.807, 2.05) is 31.1 Å². The van der Waals surface area contributed by atoms with Gasteiger partial charge in [-0.25, -0.2) is 0 Å². The van der Waals surface area contributed by atoms with Gasteiger partial charge in [0.05, 0.1) is 11.7 Å². The molecule has 0 aliphatic rings. The summed E-state index contributed by atoms with van der Waals surface area (Å²) in [5, 5.41) is 4.33. The number of hydrogen-bond acceptors (Lipinski definition) is 3. The van der Waals surface area contributed by atoms with E-state index >= 15 is 0 Å². The molecule has 90 valence electrons. The zero-order valence-corrected chi connectivity index (χ0v) is 10.9. The van der Waals surface area contributed by atoms with E-state index in [0.29, 0.717) is 0 Å². The highest BCUT2D eigenvalue weighted by Gasteiger charge is 2.11. The summed E-state index contributed by atoms with van der Waals surface area (Å²) in [5.41, 5.74) is 8.18. The molecular formula is C13H17N3S. The molecule has 1 aromatic carbocycles. The predicted molar refractivity (Wildman–Crippen MR) is 72.1 cm³/mol. The van der Waals surface area contributed by atoms with E-state index < -0.39 is 0 Å². The zero-order chi connectivity index (χ0) is 12.3. The van der Waals surface area contributed by atoms with Crippen molar-refractivity contribution < 1.29 is 0 Å². The Bertz CT molecular complexity index is 476. The van der Waals surface area contributed by atoms with Gasteiger partial charge in [-0.2, -0.15) is 5.10 Å². The molecule has 0 spiro atoms. The zero-order valence-electron chi connectivity index (χ0n) is 10.1. The molecule has 0 saturated carbocycles. The van der Waals surface area contributed by atoms with Crippen molar-refractivity contribution >= 4 is 11.8 Å². The van der Waals surface area contributed by atoms with Crippen LogP contribution in [-0.2, 0) is 7.05 Å². The van der Waals surface area contributed by atoms with Crippen LogP contribution < -0.4 is 5.73 Å². The fourth-order valence-corrected chi connectivity index (χ4v) is 2.37. The molecule has 4 heteroatoms. The second-order valence-electron chi connectivity index (χ2n) is 3.89. The maximum absolute atomic E-state index is 6.17. The monoisotopic (exact) mass is 247 g/mol. The Morgan fingerprint density at radius 2 is 2.00 bits per heavy atom. The van der Waals surface area contributed by atoms with Crippen molar-refractivity contribution in [2.24, 2.45) is 12.8 Å². The van der Waals surface area contributed by atoms with E-state index in [1.54, 1.807) is 4.68 Å². The van der Waals surface area contributed by atoms with Gasteiger partial charge in [-0.05, 0) is 29.5 Å². The molecule has 2 rings (SSSR count). The number of benzene rings is 1. The number of aromatic nitrogens is 2. The molecule has 1 aromatic heterocycles. The van der Waals surface area contributed by atoms with E-state index in [2.05, 4.69) is 36.3 Å². The average Bonchev–Trinajstić information content (AvgIpc) is 2.76. The van der Waals surface area contributed by atoms with E-state index in [1.165, 1.54) is 4.90 Å². The van der Waals surface area contributed by atoms with Crippen molar-refractivity contribution in [2.45, 2.75) is 17.9 Å². The molecule has 2 aromatic rings. The van der Waals surface area contributed by atoms with E-state index in [0.717, 1.165) is 17.0 Å². The third kappa shape index (κ3) is 2.90. The Hall–Kier alpha value is -1.26. The molecule has 0 aliphatic carbocycles. The van der Waals surface area contributed by atoms with Gasteiger partial charge in [-0.3, -0.25) is 4.68 Å². The first kappa shape index (κ1) is 12.2. The Morgan fingerprint density at radius 3 is 2.53 bits per heavy atom.